The highest BCUT2D eigenvalue weighted by Gasteiger charge is 2.43. The first kappa shape index (κ1) is 14.9. The normalized spacial score (nSPS) is 35.3. The molecule has 19 heavy (non-hydrogen) atoms. The van der Waals surface area contributed by atoms with E-state index in [0.717, 1.165) is 5.56 Å². The monoisotopic (exact) mass is 332 g/mol. The van der Waals surface area contributed by atoms with Gasteiger partial charge < -0.3 is 24.8 Å². The molecule has 6 heteroatoms. The van der Waals surface area contributed by atoms with Crippen LogP contribution in [0.1, 0.15) is 5.56 Å². The minimum Gasteiger partial charge on any atom is -0.394 e. The Labute approximate surface area is 119 Å². The summed E-state index contributed by atoms with van der Waals surface area (Å²) in [4.78, 5) is 0. The summed E-state index contributed by atoms with van der Waals surface area (Å²) >= 11 is 3.25. The van der Waals surface area contributed by atoms with E-state index in [2.05, 4.69) is 15.9 Å². The van der Waals surface area contributed by atoms with E-state index in [9.17, 15) is 10.2 Å². The van der Waals surface area contributed by atoms with Gasteiger partial charge in [-0.25, -0.2) is 0 Å². The number of aliphatic hydroxyl groups excluding tert-OH is 3. The van der Waals surface area contributed by atoms with Crippen LogP contribution in [0.5, 0.6) is 0 Å². The van der Waals surface area contributed by atoms with Gasteiger partial charge in [-0.15, -0.1) is 0 Å². The number of hydrogen-bond donors (Lipinski definition) is 3. The van der Waals surface area contributed by atoms with Gasteiger partial charge in [0.2, 0.25) is 0 Å². The fourth-order valence-electron chi connectivity index (χ4n) is 1.99. The first-order chi connectivity index (χ1) is 9.13. The minimum atomic E-state index is -1.17. The van der Waals surface area contributed by atoms with Gasteiger partial charge in [0.05, 0.1) is 13.2 Å². The van der Waals surface area contributed by atoms with Crippen LogP contribution in [0.25, 0.3) is 0 Å². The Bertz CT molecular complexity index is 388. The fourth-order valence-corrected chi connectivity index (χ4v) is 2.73. The van der Waals surface area contributed by atoms with Gasteiger partial charge in [-0.1, -0.05) is 46.3 Å². The molecule has 0 radical (unpaired) electrons. The van der Waals surface area contributed by atoms with Crippen LogP contribution in [0.3, 0.4) is 0 Å². The van der Waals surface area contributed by atoms with Crippen molar-refractivity contribution in [2.24, 2.45) is 0 Å². The van der Waals surface area contributed by atoms with Gasteiger partial charge in [0.25, 0.3) is 0 Å². The van der Waals surface area contributed by atoms with Gasteiger partial charge in [0.15, 0.2) is 0 Å². The summed E-state index contributed by atoms with van der Waals surface area (Å²) in [6.07, 6.45) is -3.78. The predicted molar refractivity (Wildman–Crippen MR) is 71.7 cm³/mol. The summed E-state index contributed by atoms with van der Waals surface area (Å²) in [5.41, 5.74) is 0.966. The van der Waals surface area contributed by atoms with Crippen molar-refractivity contribution in [1.82, 2.24) is 0 Å². The van der Waals surface area contributed by atoms with Crippen LogP contribution >= 0.6 is 15.9 Å². The summed E-state index contributed by atoms with van der Waals surface area (Å²) in [6, 6.07) is 9.52. The molecule has 3 N–H and O–H groups in total. The van der Waals surface area contributed by atoms with E-state index in [-0.39, 0.29) is 6.61 Å². The SMILES string of the molecule is OC[C@H]1O[C@H](Br)[C@H](OCc2ccccc2)[C@@H](O)[C@@H]1O. The Morgan fingerprint density at radius 1 is 1.16 bits per heavy atom. The highest BCUT2D eigenvalue weighted by molar-refractivity contribution is 9.09. The van der Waals surface area contributed by atoms with Crippen molar-refractivity contribution >= 4 is 15.9 Å². The van der Waals surface area contributed by atoms with Crippen LogP contribution in [-0.4, -0.2) is 51.4 Å². The molecule has 2 rings (SSSR count). The van der Waals surface area contributed by atoms with Crippen molar-refractivity contribution in [2.45, 2.75) is 36.0 Å². The molecule has 0 amide bonds. The van der Waals surface area contributed by atoms with Gasteiger partial charge in [-0.05, 0) is 5.56 Å². The van der Waals surface area contributed by atoms with E-state index in [1.807, 2.05) is 30.3 Å². The zero-order chi connectivity index (χ0) is 13.8. The molecule has 1 aliphatic rings. The van der Waals surface area contributed by atoms with E-state index < -0.39 is 29.4 Å². The Hall–Kier alpha value is -0.500. The molecule has 0 bridgehead atoms. The zero-order valence-electron chi connectivity index (χ0n) is 10.2. The molecule has 0 aromatic heterocycles. The molecule has 106 valence electrons. The summed E-state index contributed by atoms with van der Waals surface area (Å²) in [6.45, 7) is -0.0454. The maximum absolute atomic E-state index is 9.99. The summed E-state index contributed by atoms with van der Waals surface area (Å²) < 4.78 is 10.9. The number of rotatable bonds is 4. The molecule has 5 nitrogen and oxygen atoms in total. The zero-order valence-corrected chi connectivity index (χ0v) is 11.8. The summed E-state index contributed by atoms with van der Waals surface area (Å²) in [5.74, 6) is 0. The lowest BCUT2D eigenvalue weighted by Gasteiger charge is -2.39. The van der Waals surface area contributed by atoms with E-state index in [4.69, 9.17) is 14.6 Å². The van der Waals surface area contributed by atoms with Crippen molar-refractivity contribution in [3.05, 3.63) is 35.9 Å². The van der Waals surface area contributed by atoms with Crippen molar-refractivity contribution in [1.29, 1.82) is 0 Å². The molecule has 1 aromatic carbocycles. The summed E-state index contributed by atoms with van der Waals surface area (Å²) in [7, 11) is 0. The summed E-state index contributed by atoms with van der Waals surface area (Å²) in [5, 5.41) is 28.2. The number of hydrogen-bond acceptors (Lipinski definition) is 5. The maximum atomic E-state index is 9.99. The highest BCUT2D eigenvalue weighted by Crippen LogP contribution is 2.27. The van der Waals surface area contributed by atoms with E-state index in [0.29, 0.717) is 6.61 Å². The first-order valence-corrected chi connectivity index (χ1v) is 6.97. The van der Waals surface area contributed by atoms with Crippen molar-refractivity contribution < 1.29 is 24.8 Å². The van der Waals surface area contributed by atoms with Gasteiger partial charge in [0.1, 0.15) is 29.4 Å². The molecule has 0 saturated carbocycles. The third kappa shape index (κ3) is 3.53. The van der Waals surface area contributed by atoms with Crippen LogP contribution in [0.15, 0.2) is 30.3 Å². The lowest BCUT2D eigenvalue weighted by molar-refractivity contribution is -0.219. The molecule has 1 heterocycles. The van der Waals surface area contributed by atoms with E-state index in [1.165, 1.54) is 0 Å². The van der Waals surface area contributed by atoms with Gasteiger partial charge >= 0.3 is 0 Å². The van der Waals surface area contributed by atoms with Gasteiger partial charge in [-0.3, -0.25) is 0 Å². The third-order valence-electron chi connectivity index (χ3n) is 3.10. The quantitative estimate of drug-likeness (QED) is 0.696. The molecule has 1 aromatic rings. The lowest BCUT2D eigenvalue weighted by atomic mass is 10.0. The molecule has 5 atom stereocenters. The van der Waals surface area contributed by atoms with Crippen LogP contribution in [0.4, 0.5) is 0 Å². The molecule has 1 aliphatic heterocycles. The van der Waals surface area contributed by atoms with Gasteiger partial charge in [0, 0.05) is 0 Å². The third-order valence-corrected chi connectivity index (χ3v) is 3.83. The van der Waals surface area contributed by atoms with Crippen molar-refractivity contribution in [3.8, 4) is 0 Å². The van der Waals surface area contributed by atoms with Crippen LogP contribution in [0.2, 0.25) is 0 Å². The Morgan fingerprint density at radius 3 is 2.47 bits per heavy atom. The average molecular weight is 333 g/mol. The average Bonchev–Trinajstić information content (AvgIpc) is 2.44. The predicted octanol–water partition coefficient (Wildman–Crippen LogP) is 0.406. The largest absolute Gasteiger partial charge is 0.394 e. The Kier molecular flexibility index (Phi) is 5.32. The van der Waals surface area contributed by atoms with Crippen LogP contribution in [0, 0.1) is 0 Å². The number of benzene rings is 1. The molecule has 0 aliphatic carbocycles. The number of aliphatic hydroxyl groups is 3. The molecule has 1 saturated heterocycles. The number of halogens is 1. The molecular weight excluding hydrogens is 316 g/mol. The number of alkyl halides is 1. The molecular formula is C13H17BrO5. The maximum Gasteiger partial charge on any atom is 0.141 e. The second kappa shape index (κ2) is 6.78. The second-order valence-corrected chi connectivity index (χ2v) is 5.35. The van der Waals surface area contributed by atoms with Gasteiger partial charge in [-0.2, -0.15) is 0 Å². The Morgan fingerprint density at radius 2 is 1.84 bits per heavy atom. The first-order valence-electron chi connectivity index (χ1n) is 6.05. The van der Waals surface area contributed by atoms with E-state index in [1.54, 1.807) is 0 Å². The molecule has 0 unspecified atom stereocenters. The van der Waals surface area contributed by atoms with E-state index >= 15 is 0 Å². The lowest BCUT2D eigenvalue weighted by Crippen LogP contribution is -2.57. The number of ether oxygens (including phenoxy) is 2. The fraction of sp³-hybridized carbons (Fsp3) is 0.538. The van der Waals surface area contributed by atoms with Crippen molar-refractivity contribution in [2.75, 3.05) is 6.61 Å². The topological polar surface area (TPSA) is 79.2 Å². The van der Waals surface area contributed by atoms with Crippen molar-refractivity contribution in [3.63, 3.8) is 0 Å². The molecule has 0 spiro atoms. The Balaban J connectivity index is 1.96. The standard InChI is InChI=1S/C13H17BrO5/c14-13-12(11(17)10(16)9(6-15)19-13)18-7-8-4-2-1-3-5-8/h1-5,9-13,15-17H,6-7H2/t9-,10-,11+,12-,13+/m1/s1. The van der Waals surface area contributed by atoms with Crippen LogP contribution in [-0.2, 0) is 16.1 Å². The van der Waals surface area contributed by atoms with Crippen LogP contribution < -0.4 is 0 Å². The highest BCUT2D eigenvalue weighted by atomic mass is 79.9. The minimum absolute atomic E-state index is 0.310. The second-order valence-electron chi connectivity index (χ2n) is 4.45. The smallest absolute Gasteiger partial charge is 0.141 e. The molecule has 1 fully saturated rings.